The minimum Gasteiger partial charge on any atom is -0.491 e. The highest BCUT2D eigenvalue weighted by Crippen LogP contribution is 2.44. The molecule has 10 saturated heterocycles. The lowest BCUT2D eigenvalue weighted by Crippen LogP contribution is -2.52. The van der Waals surface area contributed by atoms with Crippen LogP contribution in [0.3, 0.4) is 0 Å². The topological polar surface area (TPSA) is 275 Å². The first kappa shape index (κ1) is 103. The molecule has 10 aliphatic rings. The third-order valence-electron chi connectivity index (χ3n) is 26.2. The first-order valence-corrected chi connectivity index (χ1v) is 57.9. The van der Waals surface area contributed by atoms with Gasteiger partial charge in [0.05, 0.1) is 106 Å². The first-order valence-electron chi connectivity index (χ1n) is 48.9. The van der Waals surface area contributed by atoms with Gasteiger partial charge in [-0.15, -0.1) is 0 Å². The fourth-order valence-corrected chi connectivity index (χ4v) is 30.4. The summed E-state index contributed by atoms with van der Waals surface area (Å²) in [6.45, 7) is 48.3. The molecule has 18 rings (SSSR count). The van der Waals surface area contributed by atoms with Crippen molar-refractivity contribution in [3.8, 4) is 40.2 Å². The highest BCUT2D eigenvalue weighted by Gasteiger charge is 2.42. The highest BCUT2D eigenvalue weighted by molar-refractivity contribution is 6.87. The molecule has 0 spiro atoms. The highest BCUT2D eigenvalue weighted by atomic mass is 28.5. The quantitative estimate of drug-likeness (QED) is 0.0160. The molecule has 10 fully saturated rings. The van der Waals surface area contributed by atoms with Gasteiger partial charge in [-0.1, -0.05) is 158 Å². The van der Waals surface area contributed by atoms with Gasteiger partial charge in [-0.2, -0.15) is 0 Å². The number of benzene rings is 8. The van der Waals surface area contributed by atoms with Gasteiger partial charge < -0.3 is 118 Å². The average molecular weight is 1930 g/mol. The van der Waals surface area contributed by atoms with Crippen molar-refractivity contribution in [2.45, 2.75) is 215 Å². The minimum atomic E-state index is -2.13. The van der Waals surface area contributed by atoms with Crippen molar-refractivity contribution in [2.75, 3.05) is 165 Å². The molecule has 25 nitrogen and oxygen atoms in total. The van der Waals surface area contributed by atoms with E-state index in [-0.39, 0.29) is 65.8 Å². The van der Waals surface area contributed by atoms with E-state index in [0.717, 1.165) is 151 Å². The maximum absolute atomic E-state index is 10.5. The van der Waals surface area contributed by atoms with E-state index in [1.54, 1.807) is 0 Å². The third-order valence-corrected chi connectivity index (χ3v) is 37.6. The van der Waals surface area contributed by atoms with E-state index in [1.807, 2.05) is 48.5 Å². The zero-order valence-corrected chi connectivity index (χ0v) is 85.3. The van der Waals surface area contributed by atoms with Crippen molar-refractivity contribution < 1.29 is 118 Å². The molecule has 10 heterocycles. The molecule has 1 N–H and O–H groups in total. The van der Waals surface area contributed by atoms with E-state index in [4.69, 9.17) is 112 Å². The van der Waals surface area contributed by atoms with Gasteiger partial charge in [0.15, 0.2) is 16.6 Å². The van der Waals surface area contributed by atoms with Crippen molar-refractivity contribution in [3.05, 3.63) is 244 Å². The predicted octanol–water partition coefficient (Wildman–Crippen LogP) is 17.7. The van der Waals surface area contributed by atoms with E-state index >= 15 is 0 Å². The molecule has 10 atom stereocenters. The lowest BCUT2D eigenvalue weighted by atomic mass is 9.70. The van der Waals surface area contributed by atoms with Crippen molar-refractivity contribution in [3.63, 3.8) is 0 Å². The molecule has 8 aromatic rings. The van der Waals surface area contributed by atoms with Gasteiger partial charge in [0.25, 0.3) is 0 Å². The lowest BCUT2D eigenvalue weighted by Gasteiger charge is -2.38. The second kappa shape index (κ2) is 47.2. The average Bonchev–Trinajstić information content (AvgIpc) is 1.65. The minimum absolute atomic E-state index is 0.0985. The van der Waals surface area contributed by atoms with Gasteiger partial charge in [-0.25, -0.2) is 0 Å². The molecule has 0 radical (unpaired) electrons. The van der Waals surface area contributed by atoms with Crippen LogP contribution in [0.2, 0.25) is 51.4 Å². The fraction of sp³-hybridized carbons (Fsp3) is 0.556. The van der Waals surface area contributed by atoms with Gasteiger partial charge in [-0.05, 0) is 213 Å². The molecule has 0 amide bonds. The van der Waals surface area contributed by atoms with E-state index in [2.05, 4.69) is 240 Å². The monoisotopic (exact) mass is 1930 g/mol. The Morgan fingerprint density at radius 2 is 0.515 bits per heavy atom. The van der Waals surface area contributed by atoms with Gasteiger partial charge in [0, 0.05) is 40.3 Å². The summed E-state index contributed by atoms with van der Waals surface area (Å²) in [6.07, 6.45) is 4.37. The zero-order valence-electron chi connectivity index (χ0n) is 82.3. The third kappa shape index (κ3) is 33.5. The van der Waals surface area contributed by atoms with Crippen LogP contribution in [0, 0.1) is 5.41 Å². The van der Waals surface area contributed by atoms with Crippen molar-refractivity contribution in [1.82, 2.24) is 0 Å². The van der Waals surface area contributed by atoms with Crippen LogP contribution in [0.5, 0.6) is 40.2 Å². The Labute approximate surface area is 808 Å². The summed E-state index contributed by atoms with van der Waals surface area (Å²) in [4.78, 5) is 0. The van der Waals surface area contributed by atoms with Gasteiger partial charge in [0.1, 0.15) is 141 Å². The summed E-state index contributed by atoms with van der Waals surface area (Å²) in [5.41, 5.74) is 9.69. The van der Waals surface area contributed by atoms with Crippen molar-refractivity contribution >= 4 is 25.2 Å². The largest absolute Gasteiger partial charge is 0.491 e. The number of hydrogen-bond donors (Lipinski definition) is 1. The van der Waals surface area contributed by atoms with Crippen LogP contribution in [0.15, 0.2) is 194 Å². The van der Waals surface area contributed by atoms with Crippen LogP contribution < -0.4 is 33.2 Å². The molecule has 0 aliphatic carbocycles. The number of aliphatic hydroxyl groups is 1. The van der Waals surface area contributed by atoms with Crippen LogP contribution in [0.4, 0.5) is 0 Å². The summed E-state index contributed by atoms with van der Waals surface area (Å²) >= 11 is 0. The Morgan fingerprint density at radius 3 is 0.765 bits per heavy atom. The summed E-state index contributed by atoms with van der Waals surface area (Å²) in [7, 11) is -5.61. The van der Waals surface area contributed by atoms with Crippen LogP contribution in [0.1, 0.15) is 125 Å². The van der Waals surface area contributed by atoms with Crippen LogP contribution >= 0.6 is 0 Å². The SMILES string of the molecule is CC(C)(c1ccc(OCC(O)COc2ccc(C(C)(C)c3ccc(OC4CO4)cc3)cc2)cc1)c1ccc(OC2CO2)cc1.CC(C)(c1ccc(OCC2CO2)cc1)c1ccc(C(C)(c2ccc(OCC3CO3)cc2)c2ccc(OCC3CO3)cc2)cc1.CCC(COCC1CO1)(COCC1CO1)COCC1CO1.C[Si](C)(CCCOCC1CO1)O[Si](C)(C)O[Si](C)(C)CCCOCC1CO1. The van der Waals surface area contributed by atoms with Gasteiger partial charge >= 0.3 is 8.56 Å². The second-order valence-electron chi connectivity index (χ2n) is 40.7. The van der Waals surface area contributed by atoms with Crippen LogP contribution in [0.25, 0.3) is 0 Å². The number of rotatable bonds is 57. The molecule has 0 bridgehead atoms. The molecule has 28 heteroatoms. The lowest BCUT2D eigenvalue weighted by molar-refractivity contribution is -0.0762. The predicted molar refractivity (Wildman–Crippen MR) is 526 cm³/mol. The molecule has 136 heavy (non-hydrogen) atoms. The van der Waals surface area contributed by atoms with E-state index in [9.17, 15) is 5.11 Å². The zero-order chi connectivity index (χ0) is 95.4. The summed E-state index contributed by atoms with van der Waals surface area (Å²) in [6, 6.07) is 69.0. The number of aliphatic hydroxyl groups excluding tert-OH is 1. The maximum atomic E-state index is 10.5. The molecular formula is C108H146O25Si3. The van der Waals surface area contributed by atoms with Gasteiger partial charge in [-0.3, -0.25) is 0 Å². The Hall–Kier alpha value is -7.71. The standard InChI is InChI=1S/C38H40O6.C37H40O7.C18H40O6Si3.C15H26O6/c1-37(2,27-8-14-31(15-9-27)39-20-34-23-42-34)26-4-6-28(7-5-26)38(3,29-10-16-32(17-11-29)40-21-35-24-43-35)30-12-18-33(19-13-30)41-22-36-25-44-36;1-36(2,27-9-17-32(18-10-27)43-34-23-41-34)25-5-13-30(14-6-25)39-21-29(38)22-40-31-15-7-26(8-16-31)37(3,4)28-11-19-33(20-12-28)44-35-24-42-35;1-25(2,11-7-9-19-13-17-15-21-17)23-27(5,6)24-26(3,4)12-8-10-20-14-18-16-22-18;1-2-15(9-16-3-12-6-19-12,10-17-4-13-7-20-13)11-18-5-14-8-21-14/h4-19,34-36H,20-25H2,1-3H3;5-20,29,34-35,38H,21-24H2,1-4H3;17-18H,7-16H2,1-6H3;12-14H,2-11H2,1H3. The number of ether oxygens (including phenoxy) is 22. The number of epoxide rings is 10. The van der Waals surface area contributed by atoms with E-state index < -0.39 is 36.7 Å². The molecule has 8 aromatic carbocycles. The van der Waals surface area contributed by atoms with Crippen molar-refractivity contribution in [2.24, 2.45) is 5.41 Å². The number of hydrogen-bond acceptors (Lipinski definition) is 25. The Balaban J connectivity index is 0.000000144. The summed E-state index contributed by atoms with van der Waals surface area (Å²) in [5.74, 6) is 5.60. The molecular weight excluding hydrogens is 1780 g/mol. The molecule has 0 aromatic heterocycles. The Kier molecular flexibility index (Phi) is 35.7. The Bertz CT molecular complexity index is 4630. The van der Waals surface area contributed by atoms with E-state index in [1.165, 1.54) is 38.9 Å². The summed E-state index contributed by atoms with van der Waals surface area (Å²) < 4.78 is 135. The van der Waals surface area contributed by atoms with Crippen molar-refractivity contribution in [1.29, 1.82) is 0 Å². The molecule has 10 unspecified atom stereocenters. The van der Waals surface area contributed by atoms with Crippen LogP contribution in [-0.2, 0) is 101 Å². The summed E-state index contributed by atoms with van der Waals surface area (Å²) in [5, 5.41) is 10.5. The second-order valence-corrected chi connectivity index (χ2v) is 53.2. The molecule has 10 aliphatic heterocycles. The smallest absolute Gasteiger partial charge is 0.311 e. The first-order chi connectivity index (χ1) is 65.4. The van der Waals surface area contributed by atoms with Crippen LogP contribution in [-0.4, -0.2) is 263 Å². The maximum Gasteiger partial charge on any atom is 0.311 e. The fourth-order valence-electron chi connectivity index (χ4n) is 16.4. The normalized spacial score (nSPS) is 22.5. The van der Waals surface area contributed by atoms with E-state index in [0.29, 0.717) is 115 Å². The van der Waals surface area contributed by atoms with Gasteiger partial charge in [0.2, 0.25) is 12.6 Å². The Morgan fingerprint density at radius 1 is 0.294 bits per heavy atom. The molecule has 0 saturated carbocycles. The molecule has 740 valence electrons.